The Bertz CT molecular complexity index is 542. The first-order valence-electron chi connectivity index (χ1n) is 7.55. The lowest BCUT2D eigenvalue weighted by atomic mass is 10.1. The zero-order valence-electron chi connectivity index (χ0n) is 13.7. The molecule has 5 nitrogen and oxygen atoms in total. The van der Waals surface area contributed by atoms with E-state index in [1.807, 2.05) is 6.07 Å². The first-order valence-corrected chi connectivity index (χ1v) is 8.34. The van der Waals surface area contributed by atoms with Gasteiger partial charge in [-0.15, -0.1) is 0 Å². The number of hydrogen-bond donors (Lipinski definition) is 1. The molecular formula is C16H23BrClN2O3-. The summed E-state index contributed by atoms with van der Waals surface area (Å²) in [6.45, 7) is 4.93. The highest BCUT2D eigenvalue weighted by Gasteiger charge is 2.25. The smallest absolute Gasteiger partial charge is 0.258 e. The molecule has 23 heavy (non-hydrogen) atoms. The summed E-state index contributed by atoms with van der Waals surface area (Å²) in [7, 11) is 3.10. The van der Waals surface area contributed by atoms with Crippen molar-refractivity contribution in [3.8, 4) is 11.5 Å². The molecule has 130 valence electrons. The topological polar surface area (TPSA) is 50.8 Å². The predicted molar refractivity (Wildman–Crippen MR) is 89.8 cm³/mol. The molecule has 1 atom stereocenters. The summed E-state index contributed by atoms with van der Waals surface area (Å²) in [5, 5.41) is 3.02. The third-order valence-corrected chi connectivity index (χ3v) is 4.75. The lowest BCUT2D eigenvalue weighted by molar-refractivity contribution is -0.0000139. The van der Waals surface area contributed by atoms with Crippen LogP contribution >= 0.6 is 15.9 Å². The molecule has 0 aromatic heterocycles. The summed E-state index contributed by atoms with van der Waals surface area (Å²) in [6, 6.07) is 3.98. The van der Waals surface area contributed by atoms with Crippen LogP contribution in [-0.4, -0.2) is 50.7 Å². The van der Waals surface area contributed by atoms with E-state index in [0.29, 0.717) is 29.6 Å². The van der Waals surface area contributed by atoms with Crippen LogP contribution < -0.4 is 27.2 Å². The average molecular weight is 407 g/mol. The Morgan fingerprint density at radius 1 is 1.39 bits per heavy atom. The normalized spacial score (nSPS) is 17.5. The molecule has 2 rings (SSSR count). The van der Waals surface area contributed by atoms with Crippen molar-refractivity contribution in [3.63, 3.8) is 0 Å². The predicted octanol–water partition coefficient (Wildman–Crippen LogP) is -0.316. The molecule has 1 aliphatic rings. The van der Waals surface area contributed by atoms with Gasteiger partial charge in [-0.2, -0.15) is 0 Å². The maximum Gasteiger partial charge on any atom is 0.258 e. The van der Waals surface area contributed by atoms with Crippen LogP contribution in [-0.2, 0) is 0 Å². The standard InChI is InChI=1S/C16H23BrN2O3.ClH/c1-4-19-9-5-6-11(19)10-18-16(20)14-13(21-2)8-7-12(17)15(14)22-3;/h7-8,11H,4-6,9-10H2,1-3H3,(H,18,20);1H/p-1/t11-;/m0./s1. The van der Waals surface area contributed by atoms with Gasteiger partial charge in [0.1, 0.15) is 17.1 Å². The van der Waals surface area contributed by atoms with Crippen molar-refractivity contribution in [2.75, 3.05) is 33.9 Å². The number of carbonyl (C=O) groups is 1. The molecule has 1 saturated heterocycles. The second-order valence-electron chi connectivity index (χ2n) is 5.29. The summed E-state index contributed by atoms with van der Waals surface area (Å²) in [5.74, 6) is 0.838. The Labute approximate surface area is 152 Å². The minimum Gasteiger partial charge on any atom is -1.00 e. The van der Waals surface area contributed by atoms with Crippen molar-refractivity contribution < 1.29 is 26.7 Å². The van der Waals surface area contributed by atoms with Gasteiger partial charge in [0.2, 0.25) is 0 Å². The monoisotopic (exact) mass is 405 g/mol. The largest absolute Gasteiger partial charge is 1.00 e. The number of halogens is 2. The van der Waals surface area contributed by atoms with E-state index in [-0.39, 0.29) is 18.3 Å². The number of ether oxygens (including phenoxy) is 2. The molecule has 0 radical (unpaired) electrons. The second-order valence-corrected chi connectivity index (χ2v) is 6.15. The highest BCUT2D eigenvalue weighted by atomic mass is 79.9. The molecule has 0 aliphatic carbocycles. The third-order valence-electron chi connectivity index (χ3n) is 4.13. The lowest BCUT2D eigenvalue weighted by Gasteiger charge is -2.23. The number of rotatable bonds is 6. The Balaban J connectivity index is 0.00000264. The second kappa shape index (κ2) is 9.35. The summed E-state index contributed by atoms with van der Waals surface area (Å²) in [4.78, 5) is 15.0. The van der Waals surface area contributed by atoms with E-state index in [1.54, 1.807) is 20.3 Å². The number of nitrogens with one attached hydrogen (secondary N) is 1. The average Bonchev–Trinajstić information content (AvgIpc) is 2.99. The summed E-state index contributed by atoms with van der Waals surface area (Å²) in [5.41, 5.74) is 0.431. The summed E-state index contributed by atoms with van der Waals surface area (Å²) >= 11 is 3.41. The maximum atomic E-state index is 12.6. The zero-order chi connectivity index (χ0) is 16.1. The van der Waals surface area contributed by atoms with Crippen molar-refractivity contribution in [1.29, 1.82) is 0 Å². The highest BCUT2D eigenvalue weighted by molar-refractivity contribution is 9.10. The van der Waals surface area contributed by atoms with Crippen molar-refractivity contribution in [2.24, 2.45) is 0 Å². The first-order chi connectivity index (χ1) is 10.6. The molecule has 0 unspecified atom stereocenters. The SMILES string of the molecule is CCN1CCC[C@H]1CNC(=O)c1c(OC)ccc(Br)c1OC.[Cl-]. The van der Waals surface area contributed by atoms with Gasteiger partial charge in [0.25, 0.3) is 5.91 Å². The fraction of sp³-hybridized carbons (Fsp3) is 0.562. The zero-order valence-corrected chi connectivity index (χ0v) is 16.0. The van der Waals surface area contributed by atoms with Crippen LogP contribution in [0.5, 0.6) is 11.5 Å². The van der Waals surface area contributed by atoms with Crippen LogP contribution in [0.3, 0.4) is 0 Å². The van der Waals surface area contributed by atoms with Gasteiger partial charge in [-0.25, -0.2) is 0 Å². The molecular weight excluding hydrogens is 384 g/mol. The van der Waals surface area contributed by atoms with Gasteiger partial charge in [-0.1, -0.05) is 6.92 Å². The van der Waals surface area contributed by atoms with Gasteiger partial charge >= 0.3 is 0 Å². The molecule has 0 saturated carbocycles. The number of nitrogens with zero attached hydrogens (tertiary/aromatic N) is 1. The van der Waals surface area contributed by atoms with Gasteiger partial charge in [0.05, 0.1) is 18.7 Å². The fourth-order valence-corrected chi connectivity index (χ4v) is 3.46. The Morgan fingerprint density at radius 2 is 2.13 bits per heavy atom. The molecule has 1 amide bonds. The number of methoxy groups -OCH3 is 2. The first kappa shape index (κ1) is 20.1. The Kier molecular flexibility index (Phi) is 8.16. The Morgan fingerprint density at radius 3 is 2.74 bits per heavy atom. The number of amides is 1. The molecule has 1 aromatic rings. The number of carbonyl (C=O) groups excluding carboxylic acids is 1. The molecule has 0 spiro atoms. The van der Waals surface area contributed by atoms with Crippen LogP contribution in [0.1, 0.15) is 30.1 Å². The van der Waals surface area contributed by atoms with Crippen molar-refractivity contribution >= 4 is 21.8 Å². The van der Waals surface area contributed by atoms with E-state index in [9.17, 15) is 4.79 Å². The Hall–Kier alpha value is -0.980. The molecule has 1 aliphatic heterocycles. The third kappa shape index (κ3) is 4.52. The molecule has 1 aromatic carbocycles. The van der Waals surface area contributed by atoms with E-state index in [4.69, 9.17) is 9.47 Å². The lowest BCUT2D eigenvalue weighted by Crippen LogP contribution is -3.00. The maximum absolute atomic E-state index is 12.6. The van der Waals surface area contributed by atoms with Gasteiger partial charge < -0.3 is 27.2 Å². The van der Waals surface area contributed by atoms with Crippen molar-refractivity contribution in [1.82, 2.24) is 10.2 Å². The molecule has 1 fully saturated rings. The molecule has 0 bridgehead atoms. The van der Waals surface area contributed by atoms with Crippen molar-refractivity contribution in [3.05, 3.63) is 22.2 Å². The van der Waals surface area contributed by atoms with E-state index in [2.05, 4.69) is 33.1 Å². The summed E-state index contributed by atoms with van der Waals surface area (Å²) in [6.07, 6.45) is 2.32. The van der Waals surface area contributed by atoms with Gasteiger partial charge in [0.15, 0.2) is 0 Å². The van der Waals surface area contributed by atoms with Crippen LogP contribution in [0.25, 0.3) is 0 Å². The quantitative estimate of drug-likeness (QED) is 0.704. The number of hydrogen-bond acceptors (Lipinski definition) is 4. The van der Waals surface area contributed by atoms with Crippen LogP contribution in [0.2, 0.25) is 0 Å². The molecule has 1 N–H and O–H groups in total. The van der Waals surface area contributed by atoms with E-state index >= 15 is 0 Å². The number of likely N-dealkylation sites (tertiary alicyclic amines) is 1. The highest BCUT2D eigenvalue weighted by Crippen LogP contribution is 2.35. The van der Waals surface area contributed by atoms with Crippen LogP contribution in [0.15, 0.2) is 16.6 Å². The van der Waals surface area contributed by atoms with Crippen molar-refractivity contribution in [2.45, 2.75) is 25.8 Å². The minimum absolute atomic E-state index is 0. The molecule has 1 heterocycles. The van der Waals surface area contributed by atoms with Crippen LogP contribution in [0, 0.1) is 0 Å². The van der Waals surface area contributed by atoms with Gasteiger partial charge in [0, 0.05) is 12.6 Å². The van der Waals surface area contributed by atoms with E-state index in [1.165, 1.54) is 6.42 Å². The van der Waals surface area contributed by atoms with Gasteiger partial charge in [-0.05, 0) is 54.0 Å². The van der Waals surface area contributed by atoms with Gasteiger partial charge in [-0.3, -0.25) is 9.69 Å². The van der Waals surface area contributed by atoms with E-state index < -0.39 is 0 Å². The van der Waals surface area contributed by atoms with Crippen LogP contribution in [0.4, 0.5) is 0 Å². The number of benzene rings is 1. The van der Waals surface area contributed by atoms with E-state index in [0.717, 1.165) is 24.0 Å². The fourth-order valence-electron chi connectivity index (χ4n) is 2.97. The minimum atomic E-state index is -0.169. The number of likely N-dealkylation sites (N-methyl/N-ethyl adjacent to an activating group) is 1. The molecule has 7 heteroatoms. The summed E-state index contributed by atoms with van der Waals surface area (Å²) < 4.78 is 11.4.